The van der Waals surface area contributed by atoms with Gasteiger partial charge in [-0.1, -0.05) is 12.1 Å². The van der Waals surface area contributed by atoms with E-state index in [1.807, 2.05) is 38.1 Å². The molecular weight excluding hydrogens is 445 g/mol. The van der Waals surface area contributed by atoms with Crippen LogP contribution in [-0.4, -0.2) is 55.7 Å². The molecule has 1 saturated heterocycles. The van der Waals surface area contributed by atoms with E-state index >= 15 is 0 Å². The molecule has 1 aromatic rings. The molecule has 0 radical (unpaired) electrons. The van der Waals surface area contributed by atoms with Gasteiger partial charge in [0.15, 0.2) is 5.96 Å². The van der Waals surface area contributed by atoms with E-state index in [-0.39, 0.29) is 35.9 Å². The summed E-state index contributed by atoms with van der Waals surface area (Å²) in [6, 6.07) is 7.94. The monoisotopic (exact) mass is 475 g/mol. The van der Waals surface area contributed by atoms with Crippen molar-refractivity contribution < 1.29 is 9.53 Å². The van der Waals surface area contributed by atoms with Crippen molar-refractivity contribution in [3.63, 3.8) is 0 Å². The van der Waals surface area contributed by atoms with E-state index in [0.29, 0.717) is 18.9 Å². The number of carbonyl (C=O) groups is 1. The summed E-state index contributed by atoms with van der Waals surface area (Å²) in [5.41, 5.74) is 7.59. The van der Waals surface area contributed by atoms with Crippen molar-refractivity contribution in [1.29, 1.82) is 0 Å². The number of anilines is 1. The largest absolute Gasteiger partial charge is 0.379 e. The zero-order valence-electron chi connectivity index (χ0n) is 15.5. The molecule has 2 rings (SSSR count). The molecule has 7 nitrogen and oxygen atoms in total. The molecule has 8 heteroatoms. The van der Waals surface area contributed by atoms with Crippen LogP contribution in [0.25, 0.3) is 0 Å². The lowest BCUT2D eigenvalue weighted by Gasteiger charge is -2.26. The van der Waals surface area contributed by atoms with Crippen LogP contribution < -0.4 is 16.4 Å². The second kappa shape index (κ2) is 12.1. The van der Waals surface area contributed by atoms with Gasteiger partial charge in [0.25, 0.3) is 0 Å². The summed E-state index contributed by atoms with van der Waals surface area (Å²) in [4.78, 5) is 18.7. The van der Waals surface area contributed by atoms with Crippen molar-refractivity contribution in [2.24, 2.45) is 10.7 Å². The third kappa shape index (κ3) is 8.81. The quantitative estimate of drug-likeness (QED) is 0.318. The van der Waals surface area contributed by atoms with Crippen molar-refractivity contribution in [2.75, 3.05) is 38.2 Å². The summed E-state index contributed by atoms with van der Waals surface area (Å²) >= 11 is 0. The topological polar surface area (TPSA) is 92.0 Å². The van der Waals surface area contributed by atoms with Gasteiger partial charge >= 0.3 is 0 Å². The average molecular weight is 475 g/mol. The first kappa shape index (κ1) is 22.7. The third-order valence-electron chi connectivity index (χ3n) is 3.84. The van der Waals surface area contributed by atoms with Crippen LogP contribution >= 0.6 is 24.0 Å². The van der Waals surface area contributed by atoms with Crippen LogP contribution in [0.1, 0.15) is 25.8 Å². The number of hydrogen-bond donors (Lipinski definition) is 3. The van der Waals surface area contributed by atoms with Crippen LogP contribution in [0.15, 0.2) is 29.3 Å². The molecule has 0 bridgehead atoms. The van der Waals surface area contributed by atoms with Gasteiger partial charge in [0.2, 0.25) is 5.91 Å². The summed E-state index contributed by atoms with van der Waals surface area (Å²) in [7, 11) is 0. The fourth-order valence-electron chi connectivity index (χ4n) is 2.57. The van der Waals surface area contributed by atoms with Crippen molar-refractivity contribution in [3.05, 3.63) is 29.8 Å². The van der Waals surface area contributed by atoms with E-state index in [2.05, 4.69) is 20.5 Å². The van der Waals surface area contributed by atoms with Gasteiger partial charge in [0, 0.05) is 37.8 Å². The Labute approximate surface area is 172 Å². The average Bonchev–Trinajstić information content (AvgIpc) is 2.59. The molecule has 1 fully saturated rings. The summed E-state index contributed by atoms with van der Waals surface area (Å²) in [6.45, 7) is 8.54. The van der Waals surface area contributed by atoms with Gasteiger partial charge in [-0.25, -0.2) is 4.99 Å². The number of nitrogens with one attached hydrogen (secondary N) is 2. The molecule has 0 spiro atoms. The van der Waals surface area contributed by atoms with Gasteiger partial charge in [-0.3, -0.25) is 9.69 Å². The molecule has 146 valence electrons. The maximum Gasteiger partial charge on any atom is 0.225 e. The van der Waals surface area contributed by atoms with Crippen molar-refractivity contribution in [2.45, 2.75) is 32.9 Å². The van der Waals surface area contributed by atoms with Crippen LogP contribution in [0.3, 0.4) is 0 Å². The number of carbonyl (C=O) groups excluding carboxylic acids is 1. The summed E-state index contributed by atoms with van der Waals surface area (Å²) < 4.78 is 5.31. The molecule has 1 amide bonds. The standard InChI is InChI=1S/C18H29N5O2.HI/c1-14(2)21-18(19)20-13-15-4-3-5-16(12-15)22-17(24)6-7-23-8-10-25-11-9-23;/h3-5,12,14H,6-11,13H2,1-2H3,(H,22,24)(H3,19,20,21);1H. The molecule has 0 aliphatic carbocycles. The Morgan fingerprint density at radius 2 is 2.08 bits per heavy atom. The smallest absolute Gasteiger partial charge is 0.225 e. The van der Waals surface area contributed by atoms with E-state index < -0.39 is 0 Å². The van der Waals surface area contributed by atoms with Crippen LogP contribution in [0.5, 0.6) is 0 Å². The molecule has 4 N–H and O–H groups in total. The highest BCUT2D eigenvalue weighted by atomic mass is 127. The van der Waals surface area contributed by atoms with Crippen LogP contribution in [0, 0.1) is 0 Å². The van der Waals surface area contributed by atoms with Gasteiger partial charge in [-0.2, -0.15) is 0 Å². The van der Waals surface area contributed by atoms with Crippen LogP contribution in [-0.2, 0) is 16.1 Å². The SMILES string of the molecule is CC(C)NC(N)=NCc1cccc(NC(=O)CCN2CCOCC2)c1.I. The Hall–Kier alpha value is -1.39. The molecular formula is C18H30IN5O2. The number of amides is 1. The molecule has 0 atom stereocenters. The van der Waals surface area contributed by atoms with Crippen molar-refractivity contribution >= 4 is 41.5 Å². The molecule has 1 aliphatic rings. The summed E-state index contributed by atoms with van der Waals surface area (Å²) in [6.07, 6.45) is 0.480. The van der Waals surface area contributed by atoms with E-state index in [1.165, 1.54) is 0 Å². The first-order valence-corrected chi connectivity index (χ1v) is 8.78. The number of ether oxygens (including phenoxy) is 1. The number of hydrogen-bond acceptors (Lipinski definition) is 4. The van der Waals surface area contributed by atoms with E-state index in [0.717, 1.165) is 44.1 Å². The maximum absolute atomic E-state index is 12.1. The van der Waals surface area contributed by atoms with Crippen molar-refractivity contribution in [3.8, 4) is 0 Å². The first-order chi connectivity index (χ1) is 12.0. The van der Waals surface area contributed by atoms with Gasteiger partial charge in [0.1, 0.15) is 0 Å². The minimum Gasteiger partial charge on any atom is -0.379 e. The highest BCUT2D eigenvalue weighted by molar-refractivity contribution is 14.0. The Balaban J connectivity index is 0.00000338. The molecule has 1 heterocycles. The number of aliphatic imine (C=N–C) groups is 1. The number of guanidine groups is 1. The second-order valence-electron chi connectivity index (χ2n) is 6.45. The zero-order valence-corrected chi connectivity index (χ0v) is 17.9. The van der Waals surface area contributed by atoms with Gasteiger partial charge in [-0.15, -0.1) is 24.0 Å². The van der Waals surface area contributed by atoms with Crippen molar-refractivity contribution in [1.82, 2.24) is 10.2 Å². The predicted molar refractivity (Wildman–Crippen MR) is 116 cm³/mol. The molecule has 26 heavy (non-hydrogen) atoms. The summed E-state index contributed by atoms with van der Waals surface area (Å²) in [5, 5.41) is 6.00. The maximum atomic E-state index is 12.1. The number of nitrogens with zero attached hydrogens (tertiary/aromatic N) is 2. The molecule has 1 aromatic carbocycles. The number of morpholine rings is 1. The number of rotatable bonds is 7. The fraction of sp³-hybridized carbons (Fsp3) is 0.556. The highest BCUT2D eigenvalue weighted by Gasteiger charge is 2.12. The first-order valence-electron chi connectivity index (χ1n) is 8.78. The molecule has 0 saturated carbocycles. The Bertz CT molecular complexity index is 589. The highest BCUT2D eigenvalue weighted by Crippen LogP contribution is 2.12. The lowest BCUT2D eigenvalue weighted by Crippen LogP contribution is -2.38. The lowest BCUT2D eigenvalue weighted by molar-refractivity contribution is -0.116. The van der Waals surface area contributed by atoms with Crippen LogP contribution in [0.2, 0.25) is 0 Å². The number of nitrogens with two attached hydrogens (primary N) is 1. The number of benzene rings is 1. The predicted octanol–water partition coefficient (Wildman–Crippen LogP) is 1.78. The molecule has 0 aromatic heterocycles. The Kier molecular flexibility index (Phi) is 10.5. The van der Waals surface area contributed by atoms with Gasteiger partial charge in [0.05, 0.1) is 19.8 Å². The minimum absolute atomic E-state index is 0. The Morgan fingerprint density at radius 3 is 2.77 bits per heavy atom. The molecule has 1 aliphatic heterocycles. The van der Waals surface area contributed by atoms with Gasteiger partial charge < -0.3 is 21.1 Å². The van der Waals surface area contributed by atoms with E-state index in [4.69, 9.17) is 10.5 Å². The summed E-state index contributed by atoms with van der Waals surface area (Å²) in [5.74, 6) is 0.447. The Morgan fingerprint density at radius 1 is 1.35 bits per heavy atom. The number of halogens is 1. The van der Waals surface area contributed by atoms with Gasteiger partial charge in [-0.05, 0) is 31.5 Å². The van der Waals surface area contributed by atoms with E-state index in [1.54, 1.807) is 0 Å². The zero-order chi connectivity index (χ0) is 18.1. The fourth-order valence-corrected chi connectivity index (χ4v) is 2.57. The lowest BCUT2D eigenvalue weighted by atomic mass is 10.2. The normalized spacial score (nSPS) is 15.4. The third-order valence-corrected chi connectivity index (χ3v) is 3.84. The molecule has 0 unspecified atom stereocenters. The van der Waals surface area contributed by atoms with E-state index in [9.17, 15) is 4.79 Å². The minimum atomic E-state index is 0. The van der Waals surface area contributed by atoms with Crippen LogP contribution in [0.4, 0.5) is 5.69 Å². The second-order valence-corrected chi connectivity index (χ2v) is 6.45.